The maximum Gasteiger partial charge on any atom is 0.311 e. The fraction of sp³-hybridized carbons (Fsp3) is 0.100. The number of ether oxygens (including phenoxy) is 2. The van der Waals surface area contributed by atoms with Crippen molar-refractivity contribution in [2.45, 2.75) is 13.5 Å². The van der Waals surface area contributed by atoms with E-state index in [1.165, 1.54) is 12.1 Å². The molecule has 0 unspecified atom stereocenters. The van der Waals surface area contributed by atoms with E-state index in [0.29, 0.717) is 18.1 Å². The van der Waals surface area contributed by atoms with E-state index in [9.17, 15) is 10.1 Å². The first-order chi connectivity index (χ1) is 12.2. The maximum atomic E-state index is 11.2. The molecule has 0 aromatic heterocycles. The molecule has 0 aliphatic rings. The minimum atomic E-state index is -0.485. The predicted octanol–water partition coefficient (Wildman–Crippen LogP) is 5.16. The lowest BCUT2D eigenvalue weighted by atomic mass is 10.2. The number of para-hydroxylation sites is 2. The Morgan fingerprint density at radius 3 is 2.44 bits per heavy atom. The molecule has 5 heteroatoms. The molecule has 2 aromatic carbocycles. The molecule has 2 aromatic rings. The highest BCUT2D eigenvalue weighted by Crippen LogP contribution is 2.29. The predicted molar refractivity (Wildman–Crippen MR) is 97.0 cm³/mol. The number of rotatable bonds is 8. The van der Waals surface area contributed by atoms with Crippen LogP contribution in [0, 0.1) is 10.1 Å². The monoisotopic (exact) mass is 337 g/mol. The van der Waals surface area contributed by atoms with Gasteiger partial charge in [0.15, 0.2) is 11.5 Å². The molecule has 128 valence electrons. The zero-order valence-corrected chi connectivity index (χ0v) is 13.9. The van der Waals surface area contributed by atoms with E-state index in [-0.39, 0.29) is 11.4 Å². The minimum absolute atomic E-state index is 0.115. The third kappa shape index (κ3) is 5.07. The van der Waals surface area contributed by atoms with Crippen LogP contribution in [0.5, 0.6) is 5.75 Å². The second-order valence-corrected chi connectivity index (χ2v) is 5.03. The van der Waals surface area contributed by atoms with Gasteiger partial charge in [-0.25, -0.2) is 0 Å². The van der Waals surface area contributed by atoms with Crippen molar-refractivity contribution in [3.8, 4) is 5.75 Å². The molecule has 0 saturated carbocycles. The number of hydrogen-bond donors (Lipinski definition) is 0. The fourth-order valence-corrected chi connectivity index (χ4v) is 2.10. The number of nitro benzene ring substituents is 1. The quantitative estimate of drug-likeness (QED) is 0.289. The number of nitrogens with zero attached hydrogens (tertiary/aromatic N) is 1. The van der Waals surface area contributed by atoms with E-state index in [1.54, 1.807) is 30.4 Å². The minimum Gasteiger partial charge on any atom is -0.485 e. The summed E-state index contributed by atoms with van der Waals surface area (Å²) in [5, 5.41) is 11.2. The molecule has 0 radical (unpaired) electrons. The maximum absolute atomic E-state index is 11.2. The molecule has 0 atom stereocenters. The van der Waals surface area contributed by atoms with Gasteiger partial charge in [0, 0.05) is 6.07 Å². The lowest BCUT2D eigenvalue weighted by molar-refractivity contribution is -0.385. The molecule has 2 rings (SSSR count). The molecule has 0 bridgehead atoms. The summed E-state index contributed by atoms with van der Waals surface area (Å²) < 4.78 is 11.5. The largest absolute Gasteiger partial charge is 0.485 e. The van der Waals surface area contributed by atoms with E-state index in [4.69, 9.17) is 9.47 Å². The van der Waals surface area contributed by atoms with Crippen LogP contribution in [-0.4, -0.2) is 4.92 Å². The molecule has 0 amide bonds. The van der Waals surface area contributed by atoms with Crippen molar-refractivity contribution in [2.75, 3.05) is 0 Å². The molecule has 0 N–H and O–H groups in total. The second kappa shape index (κ2) is 9.08. The molecule has 25 heavy (non-hydrogen) atoms. The topological polar surface area (TPSA) is 61.6 Å². The first-order valence-corrected chi connectivity index (χ1v) is 7.73. The van der Waals surface area contributed by atoms with Crippen LogP contribution in [0.15, 0.2) is 90.9 Å². The van der Waals surface area contributed by atoms with Gasteiger partial charge >= 0.3 is 5.69 Å². The highest BCUT2D eigenvalue weighted by Gasteiger charge is 2.16. The molecule has 0 fully saturated rings. The summed E-state index contributed by atoms with van der Waals surface area (Å²) in [5.74, 6) is 0.895. The third-order valence-electron chi connectivity index (χ3n) is 3.27. The smallest absolute Gasteiger partial charge is 0.311 e. The van der Waals surface area contributed by atoms with Gasteiger partial charge in [-0.05, 0) is 30.7 Å². The van der Waals surface area contributed by atoms with Crippen LogP contribution >= 0.6 is 0 Å². The highest BCUT2D eigenvalue weighted by molar-refractivity contribution is 5.47. The van der Waals surface area contributed by atoms with Crippen molar-refractivity contribution in [1.82, 2.24) is 0 Å². The number of benzene rings is 2. The SMILES string of the molecule is C=C/C(OCc1ccccc1)=C(\C=C/C)Oc1ccccc1[N+](=O)[O-]. The number of allylic oxidation sites excluding steroid dienone is 3. The van der Waals surface area contributed by atoms with Gasteiger partial charge < -0.3 is 9.47 Å². The Balaban J connectivity index is 2.28. The van der Waals surface area contributed by atoms with Crippen LogP contribution in [0.4, 0.5) is 5.69 Å². The van der Waals surface area contributed by atoms with Crippen molar-refractivity contribution >= 4 is 5.69 Å². The van der Waals surface area contributed by atoms with Crippen LogP contribution in [0.1, 0.15) is 12.5 Å². The third-order valence-corrected chi connectivity index (χ3v) is 3.27. The molecule has 0 heterocycles. The second-order valence-electron chi connectivity index (χ2n) is 5.03. The van der Waals surface area contributed by atoms with E-state index in [0.717, 1.165) is 5.56 Å². The van der Waals surface area contributed by atoms with Crippen LogP contribution in [0.3, 0.4) is 0 Å². The normalized spacial score (nSPS) is 11.7. The van der Waals surface area contributed by atoms with Gasteiger partial charge in [0.05, 0.1) is 4.92 Å². The summed E-state index contributed by atoms with van der Waals surface area (Å²) in [6, 6.07) is 15.9. The lowest BCUT2D eigenvalue weighted by Crippen LogP contribution is -2.03. The Kier molecular flexibility index (Phi) is 6.54. The van der Waals surface area contributed by atoms with Crippen LogP contribution < -0.4 is 4.74 Å². The van der Waals surface area contributed by atoms with Crippen LogP contribution in [-0.2, 0) is 11.3 Å². The Morgan fingerprint density at radius 1 is 1.12 bits per heavy atom. The van der Waals surface area contributed by atoms with Crippen LogP contribution in [0.25, 0.3) is 0 Å². The van der Waals surface area contributed by atoms with Gasteiger partial charge in [-0.2, -0.15) is 0 Å². The fourth-order valence-electron chi connectivity index (χ4n) is 2.10. The van der Waals surface area contributed by atoms with Gasteiger partial charge in [-0.15, -0.1) is 0 Å². The van der Waals surface area contributed by atoms with Gasteiger partial charge in [0.25, 0.3) is 0 Å². The molecular formula is C20H19NO4. The zero-order chi connectivity index (χ0) is 18.1. The summed E-state index contributed by atoms with van der Waals surface area (Å²) in [4.78, 5) is 10.7. The van der Waals surface area contributed by atoms with Crippen molar-refractivity contribution in [2.24, 2.45) is 0 Å². The van der Waals surface area contributed by atoms with Gasteiger partial charge in [0.2, 0.25) is 5.75 Å². The summed E-state index contributed by atoms with van der Waals surface area (Å²) in [6.07, 6.45) is 4.96. The van der Waals surface area contributed by atoms with Crippen molar-refractivity contribution in [3.63, 3.8) is 0 Å². The first-order valence-electron chi connectivity index (χ1n) is 7.73. The van der Waals surface area contributed by atoms with E-state index >= 15 is 0 Å². The molecule has 0 saturated heterocycles. The van der Waals surface area contributed by atoms with E-state index in [1.807, 2.05) is 37.3 Å². The lowest BCUT2D eigenvalue weighted by Gasteiger charge is -2.13. The molecule has 5 nitrogen and oxygen atoms in total. The number of nitro groups is 1. The van der Waals surface area contributed by atoms with Crippen LogP contribution in [0.2, 0.25) is 0 Å². The Morgan fingerprint density at radius 2 is 1.80 bits per heavy atom. The summed E-state index contributed by atoms with van der Waals surface area (Å²) >= 11 is 0. The molecule has 0 aliphatic heterocycles. The zero-order valence-electron chi connectivity index (χ0n) is 13.9. The summed E-state index contributed by atoms with van der Waals surface area (Å²) in [5.41, 5.74) is 0.878. The highest BCUT2D eigenvalue weighted by atomic mass is 16.6. The van der Waals surface area contributed by atoms with Gasteiger partial charge in [-0.1, -0.05) is 55.1 Å². The van der Waals surface area contributed by atoms with Crippen molar-refractivity contribution < 1.29 is 14.4 Å². The Labute approximate surface area is 146 Å². The first kappa shape index (κ1) is 18.0. The molecule has 0 spiro atoms. The van der Waals surface area contributed by atoms with E-state index < -0.39 is 4.92 Å². The summed E-state index contributed by atoms with van der Waals surface area (Å²) in [7, 11) is 0. The molecular weight excluding hydrogens is 318 g/mol. The average molecular weight is 337 g/mol. The standard InChI is InChI=1S/C20H19NO4/c1-3-10-20(25-19-14-9-8-13-17(19)21(22)23)18(4-2)24-15-16-11-6-5-7-12-16/h3-14H,2,15H2,1H3/b10-3-,20-18-. The van der Waals surface area contributed by atoms with Crippen molar-refractivity contribution in [3.05, 3.63) is 107 Å². The van der Waals surface area contributed by atoms with Gasteiger partial charge in [-0.3, -0.25) is 10.1 Å². The Bertz CT molecular complexity index is 794. The van der Waals surface area contributed by atoms with Crippen molar-refractivity contribution in [1.29, 1.82) is 0 Å². The molecule has 0 aliphatic carbocycles. The Hall–Kier alpha value is -3.34. The van der Waals surface area contributed by atoms with Gasteiger partial charge in [0.1, 0.15) is 6.61 Å². The average Bonchev–Trinajstić information content (AvgIpc) is 2.63. The number of hydrogen-bond acceptors (Lipinski definition) is 4. The van der Waals surface area contributed by atoms with E-state index in [2.05, 4.69) is 6.58 Å². The summed E-state index contributed by atoms with van der Waals surface area (Å²) in [6.45, 7) is 5.90.